The fourth-order valence-corrected chi connectivity index (χ4v) is 0.654. The summed E-state index contributed by atoms with van der Waals surface area (Å²) in [4.78, 5) is 0. The molecule has 0 aliphatic carbocycles. The number of nitrogens with zero attached hydrogens (tertiary/aromatic N) is 4. The number of aliphatic hydroxyl groups excluding tert-OH is 1. The normalized spacial score (nSPS) is 46.9. The molecule has 0 aromatic carbocycles. The predicted octanol–water partition coefficient (Wildman–Crippen LogP) is -1.43. The molecule has 0 spiro atoms. The number of hydrogen-bond acceptors (Lipinski definition) is 7. The van der Waals surface area contributed by atoms with Crippen molar-refractivity contribution in [3.8, 4) is 0 Å². The Balaban J connectivity index is 2.25. The largest absolute Gasteiger partial charge is 0.366 e. The van der Waals surface area contributed by atoms with Gasteiger partial charge in [0.15, 0.2) is 0 Å². The highest BCUT2D eigenvalue weighted by Crippen LogP contribution is 2.44. The van der Waals surface area contributed by atoms with Gasteiger partial charge in [0.05, 0.1) is 0 Å². The van der Waals surface area contributed by atoms with Gasteiger partial charge in [-0.3, -0.25) is 0 Å². The predicted molar refractivity (Wildman–Crippen MR) is 25.6 cm³/mol. The second kappa shape index (κ2) is 1.24. The van der Waals surface area contributed by atoms with Gasteiger partial charge < -0.3 is 15.3 Å². The highest BCUT2D eigenvalue weighted by atomic mass is 16.4. The van der Waals surface area contributed by atoms with Gasteiger partial charge >= 0.3 is 5.85 Å². The molecule has 10 heavy (non-hydrogen) atoms. The molecule has 2 aliphatic heterocycles. The van der Waals surface area contributed by atoms with Gasteiger partial charge in [0, 0.05) is 0 Å². The zero-order chi connectivity index (χ0) is 7.41. The van der Waals surface area contributed by atoms with Crippen LogP contribution in [0.1, 0.15) is 0 Å². The van der Waals surface area contributed by atoms with Gasteiger partial charge in [-0.15, -0.1) is 15.3 Å². The lowest BCUT2D eigenvalue weighted by atomic mass is 10.1. The van der Waals surface area contributed by atoms with E-state index in [0.717, 1.165) is 0 Å². The summed E-state index contributed by atoms with van der Waals surface area (Å²) in [5.74, 6) is -1.95. The van der Waals surface area contributed by atoms with Crippen molar-refractivity contribution in [2.75, 3.05) is 0 Å². The Morgan fingerprint density at radius 1 is 1.10 bits per heavy atom. The third-order valence-corrected chi connectivity index (χ3v) is 1.46. The van der Waals surface area contributed by atoms with E-state index in [4.69, 9.17) is 15.3 Å². The van der Waals surface area contributed by atoms with Crippen LogP contribution >= 0.6 is 0 Å². The van der Waals surface area contributed by atoms with Crippen molar-refractivity contribution in [3.05, 3.63) is 0 Å². The van der Waals surface area contributed by atoms with E-state index >= 15 is 0 Å². The summed E-state index contributed by atoms with van der Waals surface area (Å²) in [7, 11) is 0. The minimum atomic E-state index is -2.03. The SMILES string of the molecule is OC1N=NC1(O)C1(O)N=N1. The van der Waals surface area contributed by atoms with Crippen LogP contribution in [0.15, 0.2) is 20.5 Å². The van der Waals surface area contributed by atoms with Gasteiger partial charge in [-0.05, 0) is 0 Å². The first-order valence-electron chi connectivity index (χ1n) is 2.57. The van der Waals surface area contributed by atoms with E-state index < -0.39 is 17.8 Å². The van der Waals surface area contributed by atoms with Crippen LogP contribution in [-0.4, -0.2) is 33.1 Å². The first-order valence-corrected chi connectivity index (χ1v) is 2.57. The summed E-state index contributed by atoms with van der Waals surface area (Å²) >= 11 is 0. The van der Waals surface area contributed by atoms with Gasteiger partial charge in [0.1, 0.15) is 0 Å². The molecule has 0 radical (unpaired) electrons. The topological polar surface area (TPSA) is 110 Å². The van der Waals surface area contributed by atoms with Crippen molar-refractivity contribution >= 4 is 0 Å². The highest BCUT2D eigenvalue weighted by Gasteiger charge is 2.67. The lowest BCUT2D eigenvalue weighted by Crippen LogP contribution is -2.57. The maximum atomic E-state index is 9.13. The van der Waals surface area contributed by atoms with E-state index in [1.54, 1.807) is 0 Å². The van der Waals surface area contributed by atoms with Crippen molar-refractivity contribution in [3.63, 3.8) is 0 Å². The smallest absolute Gasteiger partial charge is 0.347 e. The average molecular weight is 144 g/mol. The maximum absolute atomic E-state index is 9.13. The van der Waals surface area contributed by atoms with E-state index in [9.17, 15) is 0 Å². The van der Waals surface area contributed by atoms with Gasteiger partial charge in [-0.2, -0.15) is 5.11 Å². The quantitative estimate of drug-likeness (QED) is 0.419. The molecule has 7 nitrogen and oxygen atoms in total. The fourth-order valence-electron chi connectivity index (χ4n) is 0.654. The lowest BCUT2D eigenvalue weighted by molar-refractivity contribution is -0.197. The third-order valence-electron chi connectivity index (χ3n) is 1.46. The van der Waals surface area contributed by atoms with Gasteiger partial charge in [-0.25, -0.2) is 0 Å². The summed E-state index contributed by atoms with van der Waals surface area (Å²) in [5, 5.41) is 39.2. The Kier molecular flexibility index (Phi) is 0.723. The Hall–Kier alpha value is -0.920. The summed E-state index contributed by atoms with van der Waals surface area (Å²) in [5.41, 5.74) is -2.03. The monoisotopic (exact) mass is 144 g/mol. The minimum Gasteiger partial charge on any atom is -0.366 e. The molecule has 2 unspecified atom stereocenters. The second-order valence-corrected chi connectivity index (χ2v) is 2.15. The Bertz CT molecular complexity index is 232. The molecular formula is C3H4N4O3. The molecule has 0 fully saturated rings. The van der Waals surface area contributed by atoms with Crippen molar-refractivity contribution in [2.45, 2.75) is 17.8 Å². The molecular weight excluding hydrogens is 140 g/mol. The van der Waals surface area contributed by atoms with Crippen LogP contribution in [-0.2, 0) is 0 Å². The number of azo groups is 1. The molecule has 2 rings (SSSR count). The molecule has 0 saturated heterocycles. The fraction of sp³-hybridized carbons (Fsp3) is 1.00. The first kappa shape index (κ1) is 5.83. The first-order chi connectivity index (χ1) is 4.58. The van der Waals surface area contributed by atoms with E-state index in [2.05, 4.69) is 20.5 Å². The number of aliphatic hydroxyl groups is 3. The van der Waals surface area contributed by atoms with Crippen LogP contribution < -0.4 is 0 Å². The van der Waals surface area contributed by atoms with E-state index in [1.807, 2.05) is 0 Å². The van der Waals surface area contributed by atoms with Crippen molar-refractivity contribution < 1.29 is 15.3 Å². The van der Waals surface area contributed by atoms with Gasteiger partial charge in [0.25, 0.3) is 5.72 Å². The van der Waals surface area contributed by atoms with Crippen molar-refractivity contribution in [1.82, 2.24) is 0 Å². The molecule has 2 atom stereocenters. The summed E-state index contributed by atoms with van der Waals surface area (Å²) in [6.45, 7) is 0. The van der Waals surface area contributed by atoms with Crippen LogP contribution in [0.3, 0.4) is 0 Å². The zero-order valence-corrected chi connectivity index (χ0v) is 4.71. The van der Waals surface area contributed by atoms with Gasteiger partial charge in [0.2, 0.25) is 6.23 Å². The zero-order valence-electron chi connectivity index (χ0n) is 4.71. The maximum Gasteiger partial charge on any atom is 0.347 e. The average Bonchev–Trinajstić information content (AvgIpc) is 2.64. The summed E-state index contributed by atoms with van der Waals surface area (Å²) < 4.78 is 0. The molecule has 0 saturated carbocycles. The minimum absolute atomic E-state index is 1.42. The van der Waals surface area contributed by atoms with E-state index in [0.29, 0.717) is 0 Å². The highest BCUT2D eigenvalue weighted by molar-refractivity contribution is 5.06. The second-order valence-electron chi connectivity index (χ2n) is 2.15. The van der Waals surface area contributed by atoms with Crippen LogP contribution in [0.2, 0.25) is 0 Å². The molecule has 0 aromatic rings. The molecule has 2 aliphatic rings. The van der Waals surface area contributed by atoms with Crippen molar-refractivity contribution in [1.29, 1.82) is 0 Å². The molecule has 2 heterocycles. The summed E-state index contributed by atoms with van der Waals surface area (Å²) in [6, 6.07) is 0. The Labute approximate surface area is 54.7 Å². The van der Waals surface area contributed by atoms with Crippen LogP contribution in [0.4, 0.5) is 0 Å². The van der Waals surface area contributed by atoms with E-state index in [1.165, 1.54) is 0 Å². The van der Waals surface area contributed by atoms with Crippen molar-refractivity contribution in [2.24, 2.45) is 20.5 Å². The van der Waals surface area contributed by atoms with Crippen LogP contribution in [0, 0.1) is 0 Å². The van der Waals surface area contributed by atoms with Gasteiger partial charge in [-0.1, -0.05) is 0 Å². The Morgan fingerprint density at radius 2 is 1.70 bits per heavy atom. The summed E-state index contributed by atoms with van der Waals surface area (Å²) in [6.07, 6.45) is -1.42. The van der Waals surface area contributed by atoms with Crippen LogP contribution in [0.5, 0.6) is 0 Å². The number of hydrogen-bond donors (Lipinski definition) is 3. The standard InChI is InChI=1S/C3H4N4O3/c8-1-2(9,5-4-1)3(10)6-7-3/h1,8-10H. The third kappa shape index (κ3) is 0.416. The van der Waals surface area contributed by atoms with E-state index in [-0.39, 0.29) is 0 Å². The Morgan fingerprint density at radius 3 is 1.80 bits per heavy atom. The van der Waals surface area contributed by atoms with Crippen LogP contribution in [0.25, 0.3) is 0 Å². The lowest BCUT2D eigenvalue weighted by Gasteiger charge is -2.31. The molecule has 0 amide bonds. The molecule has 54 valence electrons. The molecule has 3 N–H and O–H groups in total. The molecule has 0 aromatic heterocycles. The molecule has 7 heteroatoms. The molecule has 0 bridgehead atoms. The number of rotatable bonds is 1.